The van der Waals surface area contributed by atoms with Gasteiger partial charge in [0.05, 0.1) is 5.38 Å². The molecule has 0 bridgehead atoms. The molecule has 0 aromatic heterocycles. The van der Waals surface area contributed by atoms with E-state index >= 15 is 0 Å². The molecular formula is C15H9ClF4. The Bertz CT molecular complexity index is 609. The lowest BCUT2D eigenvalue weighted by Gasteiger charge is -2.26. The average molecular weight is 301 g/mol. The summed E-state index contributed by atoms with van der Waals surface area (Å²) in [5, 5.41) is -1.03. The van der Waals surface area contributed by atoms with Crippen LogP contribution in [0.4, 0.5) is 17.6 Å². The molecule has 2 aromatic carbocycles. The first-order valence-corrected chi connectivity index (χ1v) is 6.39. The number of halogens is 5. The number of fused-ring (bicyclic) bond motifs is 2. The van der Waals surface area contributed by atoms with Crippen molar-refractivity contribution in [3.8, 4) is 0 Å². The van der Waals surface area contributed by atoms with Crippen LogP contribution in [0.15, 0.2) is 48.5 Å². The van der Waals surface area contributed by atoms with E-state index in [9.17, 15) is 17.6 Å². The molecule has 20 heavy (non-hydrogen) atoms. The third-order valence-electron chi connectivity index (χ3n) is 3.54. The number of benzene rings is 2. The summed E-state index contributed by atoms with van der Waals surface area (Å²) >= 11 is 6.17. The van der Waals surface area contributed by atoms with Crippen molar-refractivity contribution >= 4 is 11.6 Å². The molecule has 0 aliphatic heterocycles. The molecule has 0 fully saturated rings. The van der Waals surface area contributed by atoms with E-state index in [2.05, 4.69) is 0 Å². The van der Waals surface area contributed by atoms with Crippen LogP contribution in [0.3, 0.4) is 0 Å². The standard InChI is InChI=1S/C15H9ClF4/c16-13-9-5-1-3-7-11(9)14(17,18)15(19,20)12-8-4-2-6-10(12)13/h1-8,13H. The number of alkyl halides is 5. The highest BCUT2D eigenvalue weighted by molar-refractivity contribution is 6.23. The minimum Gasteiger partial charge on any atom is -0.194 e. The Morgan fingerprint density at radius 2 is 1.05 bits per heavy atom. The quantitative estimate of drug-likeness (QED) is 0.463. The van der Waals surface area contributed by atoms with Crippen LogP contribution < -0.4 is 0 Å². The van der Waals surface area contributed by atoms with E-state index in [4.69, 9.17) is 11.6 Å². The maximum atomic E-state index is 14.3. The van der Waals surface area contributed by atoms with E-state index in [0.717, 1.165) is 12.1 Å². The van der Waals surface area contributed by atoms with Gasteiger partial charge in [0.25, 0.3) is 0 Å². The topological polar surface area (TPSA) is 0 Å². The van der Waals surface area contributed by atoms with Gasteiger partial charge in [0.1, 0.15) is 0 Å². The van der Waals surface area contributed by atoms with Crippen LogP contribution in [0.1, 0.15) is 27.6 Å². The van der Waals surface area contributed by atoms with Gasteiger partial charge < -0.3 is 0 Å². The van der Waals surface area contributed by atoms with E-state index in [1.54, 1.807) is 0 Å². The highest BCUT2D eigenvalue weighted by atomic mass is 35.5. The molecule has 0 N–H and O–H groups in total. The molecule has 0 spiro atoms. The molecule has 0 amide bonds. The van der Waals surface area contributed by atoms with Gasteiger partial charge in [0.15, 0.2) is 0 Å². The van der Waals surface area contributed by atoms with Gasteiger partial charge in [-0.15, -0.1) is 11.6 Å². The summed E-state index contributed by atoms with van der Waals surface area (Å²) in [6.07, 6.45) is 0. The van der Waals surface area contributed by atoms with Crippen LogP contribution in [0.25, 0.3) is 0 Å². The van der Waals surface area contributed by atoms with E-state index in [1.807, 2.05) is 0 Å². The summed E-state index contributed by atoms with van der Waals surface area (Å²) in [4.78, 5) is 0. The molecule has 0 saturated heterocycles. The van der Waals surface area contributed by atoms with Gasteiger partial charge in [-0.3, -0.25) is 0 Å². The van der Waals surface area contributed by atoms with Crippen LogP contribution in [0, 0.1) is 0 Å². The van der Waals surface area contributed by atoms with Crippen LogP contribution in [0.5, 0.6) is 0 Å². The fraction of sp³-hybridized carbons (Fsp3) is 0.200. The van der Waals surface area contributed by atoms with Crippen LogP contribution >= 0.6 is 11.6 Å². The molecule has 1 aliphatic carbocycles. The first-order valence-electron chi connectivity index (χ1n) is 5.96. The van der Waals surface area contributed by atoms with Crippen molar-refractivity contribution in [2.45, 2.75) is 17.2 Å². The highest BCUT2D eigenvalue weighted by Crippen LogP contribution is 2.56. The van der Waals surface area contributed by atoms with Crippen LogP contribution in [-0.4, -0.2) is 0 Å². The molecule has 0 radical (unpaired) electrons. The van der Waals surface area contributed by atoms with Gasteiger partial charge in [-0.2, -0.15) is 17.6 Å². The van der Waals surface area contributed by atoms with E-state index in [-0.39, 0.29) is 11.1 Å². The van der Waals surface area contributed by atoms with Gasteiger partial charge in [-0.25, -0.2) is 0 Å². The van der Waals surface area contributed by atoms with Crippen molar-refractivity contribution in [3.05, 3.63) is 70.8 Å². The molecule has 0 heterocycles. The smallest absolute Gasteiger partial charge is 0.194 e. The molecule has 0 nitrogen and oxygen atoms in total. The Labute approximate surface area is 118 Å². The summed E-state index contributed by atoms with van der Waals surface area (Å²) in [5.41, 5.74) is -1.41. The maximum Gasteiger partial charge on any atom is 0.340 e. The minimum atomic E-state index is -4.30. The highest BCUT2D eigenvalue weighted by Gasteiger charge is 2.61. The first-order chi connectivity index (χ1) is 9.37. The van der Waals surface area contributed by atoms with Crippen molar-refractivity contribution < 1.29 is 17.6 Å². The Kier molecular flexibility index (Phi) is 2.83. The largest absolute Gasteiger partial charge is 0.340 e. The van der Waals surface area contributed by atoms with E-state index in [0.29, 0.717) is 0 Å². The van der Waals surface area contributed by atoms with E-state index < -0.39 is 28.3 Å². The number of rotatable bonds is 0. The molecule has 3 rings (SSSR count). The summed E-state index contributed by atoms with van der Waals surface area (Å²) in [5.74, 6) is -8.60. The second kappa shape index (κ2) is 4.22. The van der Waals surface area contributed by atoms with Crippen LogP contribution in [-0.2, 0) is 11.8 Å². The first kappa shape index (κ1) is 13.4. The Morgan fingerprint density at radius 1 is 0.700 bits per heavy atom. The van der Waals surface area contributed by atoms with Crippen molar-refractivity contribution in [3.63, 3.8) is 0 Å². The van der Waals surface area contributed by atoms with Gasteiger partial charge in [-0.1, -0.05) is 48.5 Å². The minimum absolute atomic E-state index is 0.0174. The fourth-order valence-electron chi connectivity index (χ4n) is 2.51. The van der Waals surface area contributed by atoms with Gasteiger partial charge in [0, 0.05) is 11.1 Å². The zero-order valence-corrected chi connectivity index (χ0v) is 10.8. The number of hydrogen-bond donors (Lipinski definition) is 0. The lowest BCUT2D eigenvalue weighted by Crippen LogP contribution is -2.35. The van der Waals surface area contributed by atoms with E-state index in [1.165, 1.54) is 36.4 Å². The monoisotopic (exact) mass is 300 g/mol. The predicted octanol–water partition coefficient (Wildman–Crippen LogP) is 5.21. The lowest BCUT2D eigenvalue weighted by molar-refractivity contribution is -0.223. The Balaban J connectivity index is 2.41. The maximum absolute atomic E-state index is 14.3. The predicted molar refractivity (Wildman–Crippen MR) is 68.4 cm³/mol. The zero-order valence-electron chi connectivity index (χ0n) is 10.1. The van der Waals surface area contributed by atoms with Crippen LogP contribution in [0.2, 0.25) is 0 Å². The normalized spacial score (nSPS) is 19.9. The number of hydrogen-bond acceptors (Lipinski definition) is 0. The molecule has 0 saturated carbocycles. The summed E-state index contributed by atoms with van der Waals surface area (Å²) < 4.78 is 57.1. The summed E-state index contributed by atoms with van der Waals surface area (Å²) in [6, 6.07) is 10.4. The molecule has 104 valence electrons. The summed E-state index contributed by atoms with van der Waals surface area (Å²) in [6.45, 7) is 0. The summed E-state index contributed by atoms with van der Waals surface area (Å²) in [7, 11) is 0. The molecule has 1 aliphatic rings. The van der Waals surface area contributed by atoms with Gasteiger partial charge >= 0.3 is 11.8 Å². The third-order valence-corrected chi connectivity index (χ3v) is 4.01. The molecule has 0 atom stereocenters. The van der Waals surface area contributed by atoms with Gasteiger partial charge in [-0.05, 0) is 11.1 Å². The molecule has 2 aromatic rings. The van der Waals surface area contributed by atoms with Crippen molar-refractivity contribution in [1.82, 2.24) is 0 Å². The third kappa shape index (κ3) is 1.61. The molecular weight excluding hydrogens is 292 g/mol. The van der Waals surface area contributed by atoms with Crippen molar-refractivity contribution in [1.29, 1.82) is 0 Å². The Morgan fingerprint density at radius 3 is 1.45 bits per heavy atom. The van der Waals surface area contributed by atoms with Crippen molar-refractivity contribution in [2.24, 2.45) is 0 Å². The average Bonchev–Trinajstić information content (AvgIpc) is 2.50. The second-order valence-corrected chi connectivity index (χ2v) is 5.12. The molecule has 0 unspecified atom stereocenters. The zero-order chi connectivity index (χ0) is 14.5. The SMILES string of the molecule is FC1(F)c2ccccc2C(Cl)c2ccccc2C1(F)F. The second-order valence-electron chi connectivity index (χ2n) is 4.69. The van der Waals surface area contributed by atoms with Gasteiger partial charge in [0.2, 0.25) is 0 Å². The molecule has 5 heteroatoms. The fourth-order valence-corrected chi connectivity index (χ4v) is 2.89. The lowest BCUT2D eigenvalue weighted by atomic mass is 9.96. The van der Waals surface area contributed by atoms with Crippen molar-refractivity contribution in [2.75, 3.05) is 0 Å². The Hall–Kier alpha value is -1.55.